The highest BCUT2D eigenvalue weighted by Gasteiger charge is 2.20. The van der Waals surface area contributed by atoms with Crippen molar-refractivity contribution in [2.75, 3.05) is 4.90 Å². The van der Waals surface area contributed by atoms with Crippen LogP contribution in [0.1, 0.15) is 30.9 Å². The lowest BCUT2D eigenvalue weighted by Gasteiger charge is -2.26. The summed E-state index contributed by atoms with van der Waals surface area (Å²) >= 11 is 0. The summed E-state index contributed by atoms with van der Waals surface area (Å²) in [6, 6.07) is 87.1. The second-order valence-corrected chi connectivity index (χ2v) is 19.4. The van der Waals surface area contributed by atoms with Gasteiger partial charge in [0.25, 0.3) is 0 Å². The van der Waals surface area contributed by atoms with Crippen molar-refractivity contribution in [1.82, 2.24) is 4.57 Å². The molecule has 1 aromatic heterocycles. The number of benzene rings is 11. The minimum absolute atomic E-state index is 0.825. The monoisotopic (exact) mass is 946 g/mol. The molecule has 1 aliphatic rings. The lowest BCUT2D eigenvalue weighted by molar-refractivity contribution is 1.02. The Kier molecular flexibility index (Phi) is 11.7. The van der Waals surface area contributed by atoms with E-state index in [0.717, 1.165) is 36.3 Å². The van der Waals surface area contributed by atoms with Crippen LogP contribution in [0.4, 0.5) is 17.1 Å². The lowest BCUT2D eigenvalue weighted by Crippen LogP contribution is -2.10. The third-order valence-electron chi connectivity index (χ3n) is 15.0. The highest BCUT2D eigenvalue weighted by molar-refractivity contribution is 6.19. The van der Waals surface area contributed by atoms with Crippen molar-refractivity contribution in [3.8, 4) is 33.4 Å². The summed E-state index contributed by atoms with van der Waals surface area (Å²) in [6.45, 7) is 2.13. The molecule has 0 amide bonds. The van der Waals surface area contributed by atoms with Gasteiger partial charge in [0.05, 0.1) is 11.0 Å². The van der Waals surface area contributed by atoms with Crippen molar-refractivity contribution in [1.29, 1.82) is 0 Å². The Labute approximate surface area is 433 Å². The SMILES string of the molecule is C/C=C(\C=C/Cc1ccc(N(c2ccc(-c3ccc(-c4cccc5ccccc45)cc3)cc2)c2cccc(-c3cccc4c3c3cc5ccccc5cc3n4C3=CCCC=C3)c2)cc1)c1cccc2ccccc12. The molecule has 0 unspecified atom stereocenters. The average Bonchev–Trinajstić information content (AvgIpc) is 3.79. The van der Waals surface area contributed by atoms with Crippen LogP contribution in [-0.4, -0.2) is 4.57 Å². The largest absolute Gasteiger partial charge is 0.310 e. The Morgan fingerprint density at radius 3 is 1.81 bits per heavy atom. The Bertz CT molecular complexity index is 4190. The quantitative estimate of drug-likeness (QED) is 0.117. The number of nitrogens with zero attached hydrogens (tertiary/aromatic N) is 2. The van der Waals surface area contributed by atoms with Gasteiger partial charge in [-0.3, -0.25) is 0 Å². The molecular weight excluding hydrogens is 893 g/mol. The minimum Gasteiger partial charge on any atom is -0.310 e. The number of allylic oxidation sites excluding steroid dienone is 8. The summed E-state index contributed by atoms with van der Waals surface area (Å²) in [5, 5.41) is 10.1. The van der Waals surface area contributed by atoms with Crippen LogP contribution in [0.2, 0.25) is 0 Å². The maximum absolute atomic E-state index is 2.48. The van der Waals surface area contributed by atoms with Crippen LogP contribution >= 0.6 is 0 Å². The molecule has 2 heteroatoms. The Balaban J connectivity index is 0.876. The summed E-state index contributed by atoms with van der Waals surface area (Å²) in [5.74, 6) is 0. The predicted molar refractivity (Wildman–Crippen MR) is 319 cm³/mol. The van der Waals surface area contributed by atoms with Gasteiger partial charge in [0.1, 0.15) is 0 Å². The van der Waals surface area contributed by atoms with E-state index >= 15 is 0 Å². The normalized spacial score (nSPS) is 12.9. The molecule has 0 spiro atoms. The molecule has 12 aromatic rings. The molecule has 0 saturated heterocycles. The number of aromatic nitrogens is 1. The molecule has 0 atom stereocenters. The van der Waals surface area contributed by atoms with Gasteiger partial charge in [-0.1, -0.05) is 212 Å². The van der Waals surface area contributed by atoms with Crippen molar-refractivity contribution >= 4 is 82.5 Å². The minimum atomic E-state index is 0.825. The standard InChI is InChI=1S/C72H54N2/c1-2-51(64-31-14-23-54-18-8-10-29-65(54)64)22-12-17-50-35-43-61(44-36-50)73(62-45-41-53(42-46-62)52-37-39-56(40-38-52)67-32-15-24-55-19-9-11-30-66(55)67)63-28-13-25-59(47-63)68-33-16-34-70-72(68)69-48-57-20-6-7-21-58(57)49-71(69)74(70)60-26-4-3-5-27-60/h2,4,6-16,18-49H,3,5,17H2,1H3/b22-12-,51-2+. The number of fused-ring (bicyclic) bond motifs is 6. The van der Waals surface area contributed by atoms with Gasteiger partial charge in [-0.15, -0.1) is 0 Å². The molecule has 0 fully saturated rings. The van der Waals surface area contributed by atoms with Crippen LogP contribution in [0.15, 0.2) is 273 Å². The molecule has 13 rings (SSSR count). The molecule has 0 N–H and O–H groups in total. The van der Waals surface area contributed by atoms with Crippen molar-refractivity contribution in [3.63, 3.8) is 0 Å². The van der Waals surface area contributed by atoms with Crippen molar-refractivity contribution < 1.29 is 0 Å². The lowest BCUT2D eigenvalue weighted by atomic mass is 9.96. The number of anilines is 3. The van der Waals surface area contributed by atoms with Gasteiger partial charge >= 0.3 is 0 Å². The first-order valence-corrected chi connectivity index (χ1v) is 26.0. The van der Waals surface area contributed by atoms with E-state index in [1.807, 2.05) is 0 Å². The fourth-order valence-electron chi connectivity index (χ4n) is 11.3. The molecular formula is C72H54N2. The maximum atomic E-state index is 2.48. The van der Waals surface area contributed by atoms with Crippen molar-refractivity contribution in [2.45, 2.75) is 26.2 Å². The van der Waals surface area contributed by atoms with E-state index in [0.29, 0.717) is 0 Å². The van der Waals surface area contributed by atoms with Gasteiger partial charge in [-0.05, 0) is 169 Å². The molecule has 11 aromatic carbocycles. The van der Waals surface area contributed by atoms with E-state index in [9.17, 15) is 0 Å². The summed E-state index contributed by atoms with van der Waals surface area (Å²) < 4.78 is 2.48. The molecule has 2 nitrogen and oxygen atoms in total. The Hall–Kier alpha value is -9.24. The van der Waals surface area contributed by atoms with Gasteiger partial charge in [-0.2, -0.15) is 0 Å². The Morgan fingerprint density at radius 2 is 1.07 bits per heavy atom. The van der Waals surface area contributed by atoms with Crippen LogP contribution in [-0.2, 0) is 6.42 Å². The fourth-order valence-corrected chi connectivity index (χ4v) is 11.3. The van der Waals surface area contributed by atoms with E-state index < -0.39 is 0 Å². The molecule has 0 radical (unpaired) electrons. The van der Waals surface area contributed by atoms with Crippen molar-refractivity contribution in [3.05, 3.63) is 284 Å². The zero-order valence-electron chi connectivity index (χ0n) is 41.5. The molecule has 0 bridgehead atoms. The van der Waals surface area contributed by atoms with E-state index in [1.54, 1.807) is 0 Å². The molecule has 74 heavy (non-hydrogen) atoms. The van der Waals surface area contributed by atoms with Crippen LogP contribution < -0.4 is 4.90 Å². The van der Waals surface area contributed by atoms with Gasteiger partial charge in [-0.25, -0.2) is 0 Å². The maximum Gasteiger partial charge on any atom is 0.0547 e. The number of hydrogen-bond acceptors (Lipinski definition) is 1. The van der Waals surface area contributed by atoms with Crippen LogP contribution in [0, 0.1) is 0 Å². The topological polar surface area (TPSA) is 8.17 Å². The second kappa shape index (κ2) is 19.4. The second-order valence-electron chi connectivity index (χ2n) is 19.4. The van der Waals surface area contributed by atoms with Gasteiger partial charge in [0, 0.05) is 33.5 Å². The molecule has 1 heterocycles. The summed E-state index contributed by atoms with van der Waals surface area (Å²) in [5.41, 5.74) is 17.9. The van der Waals surface area contributed by atoms with Crippen LogP contribution in [0.3, 0.4) is 0 Å². The summed E-state index contributed by atoms with van der Waals surface area (Å²) in [4.78, 5) is 2.41. The first-order chi connectivity index (χ1) is 36.6. The fraction of sp³-hybridized carbons (Fsp3) is 0.0556. The highest BCUT2D eigenvalue weighted by Crippen LogP contribution is 2.44. The highest BCUT2D eigenvalue weighted by atomic mass is 15.1. The summed E-state index contributed by atoms with van der Waals surface area (Å²) in [6.07, 6.45) is 16.7. The molecule has 1 aliphatic carbocycles. The van der Waals surface area contributed by atoms with E-state index in [4.69, 9.17) is 0 Å². The van der Waals surface area contributed by atoms with E-state index in [-0.39, 0.29) is 0 Å². The number of hydrogen-bond donors (Lipinski definition) is 0. The predicted octanol–water partition coefficient (Wildman–Crippen LogP) is 20.1. The molecule has 0 saturated carbocycles. The average molecular weight is 947 g/mol. The molecule has 352 valence electrons. The summed E-state index contributed by atoms with van der Waals surface area (Å²) in [7, 11) is 0. The van der Waals surface area contributed by atoms with Crippen LogP contribution in [0.25, 0.3) is 98.8 Å². The zero-order chi connectivity index (χ0) is 49.4. The molecule has 0 aliphatic heterocycles. The third-order valence-corrected chi connectivity index (χ3v) is 15.0. The first kappa shape index (κ1) is 44.7. The smallest absolute Gasteiger partial charge is 0.0547 e. The van der Waals surface area contributed by atoms with Gasteiger partial charge < -0.3 is 9.47 Å². The third kappa shape index (κ3) is 8.31. The van der Waals surface area contributed by atoms with E-state index in [1.165, 1.54) is 110 Å². The van der Waals surface area contributed by atoms with Gasteiger partial charge in [0.2, 0.25) is 0 Å². The first-order valence-electron chi connectivity index (χ1n) is 26.0. The zero-order valence-corrected chi connectivity index (χ0v) is 41.5. The van der Waals surface area contributed by atoms with Gasteiger partial charge in [0.15, 0.2) is 0 Å². The van der Waals surface area contributed by atoms with Crippen LogP contribution in [0.5, 0.6) is 0 Å². The number of rotatable bonds is 11. The van der Waals surface area contributed by atoms with Crippen molar-refractivity contribution in [2.24, 2.45) is 0 Å². The Morgan fingerprint density at radius 1 is 0.459 bits per heavy atom. The van der Waals surface area contributed by atoms with E-state index in [2.05, 4.69) is 289 Å².